The van der Waals surface area contributed by atoms with Gasteiger partial charge in [0.05, 0.1) is 18.7 Å². The summed E-state index contributed by atoms with van der Waals surface area (Å²) in [5.41, 5.74) is 1.42. The van der Waals surface area contributed by atoms with Crippen LogP contribution in [0.2, 0.25) is 5.02 Å². The van der Waals surface area contributed by atoms with Crippen molar-refractivity contribution in [3.8, 4) is 0 Å². The van der Waals surface area contributed by atoms with Crippen molar-refractivity contribution in [1.29, 1.82) is 0 Å². The zero-order chi connectivity index (χ0) is 18.7. The van der Waals surface area contributed by atoms with Gasteiger partial charge in [-0.1, -0.05) is 41.6 Å². The van der Waals surface area contributed by atoms with E-state index in [9.17, 15) is 9.59 Å². The van der Waals surface area contributed by atoms with Crippen LogP contribution in [0.5, 0.6) is 0 Å². The Morgan fingerprint density at radius 3 is 2.85 bits per heavy atom. The second-order valence-corrected chi connectivity index (χ2v) is 6.90. The van der Waals surface area contributed by atoms with Crippen molar-refractivity contribution >= 4 is 35.4 Å². The van der Waals surface area contributed by atoms with Crippen molar-refractivity contribution in [2.24, 2.45) is 7.05 Å². The van der Waals surface area contributed by atoms with Gasteiger partial charge in [0.2, 0.25) is 0 Å². The van der Waals surface area contributed by atoms with Crippen LogP contribution in [0.3, 0.4) is 0 Å². The van der Waals surface area contributed by atoms with Crippen molar-refractivity contribution in [3.05, 3.63) is 58.5 Å². The van der Waals surface area contributed by atoms with Crippen LogP contribution in [0.25, 0.3) is 0 Å². The first-order valence-electron chi connectivity index (χ1n) is 7.74. The maximum atomic E-state index is 12.5. The van der Waals surface area contributed by atoms with E-state index >= 15 is 0 Å². The van der Waals surface area contributed by atoms with Gasteiger partial charge in [0.1, 0.15) is 0 Å². The number of rotatable bonds is 5. The lowest BCUT2D eigenvalue weighted by Crippen LogP contribution is -2.46. The van der Waals surface area contributed by atoms with Gasteiger partial charge >= 0.3 is 12.0 Å². The van der Waals surface area contributed by atoms with Gasteiger partial charge in [-0.25, -0.2) is 14.6 Å². The number of ether oxygens (including phenoxy) is 1. The van der Waals surface area contributed by atoms with E-state index < -0.39 is 18.0 Å². The lowest BCUT2D eigenvalue weighted by Gasteiger charge is -2.29. The molecule has 0 saturated heterocycles. The Morgan fingerprint density at radius 1 is 1.42 bits per heavy atom. The summed E-state index contributed by atoms with van der Waals surface area (Å²) in [6.07, 6.45) is 3.51. The molecule has 3 rings (SSSR count). The number of thioether (sulfide) groups is 1. The molecule has 0 spiro atoms. The van der Waals surface area contributed by atoms with E-state index in [1.165, 1.54) is 18.9 Å². The number of methoxy groups -OCH3 is 1. The topological polar surface area (TPSA) is 85.2 Å². The normalized spacial score (nSPS) is 16.9. The Bertz CT molecular complexity index is 880. The molecule has 9 heteroatoms. The van der Waals surface area contributed by atoms with Crippen LogP contribution in [-0.4, -0.2) is 34.4 Å². The summed E-state index contributed by atoms with van der Waals surface area (Å²) in [5.74, 6) is -0.179. The molecule has 2 amide bonds. The molecule has 1 aliphatic rings. The van der Waals surface area contributed by atoms with Crippen LogP contribution in [0.4, 0.5) is 4.79 Å². The molecule has 1 unspecified atom stereocenters. The highest BCUT2D eigenvalue weighted by molar-refractivity contribution is 7.99. The number of nitrogens with zero attached hydrogens (tertiary/aromatic N) is 2. The summed E-state index contributed by atoms with van der Waals surface area (Å²) in [7, 11) is 3.18. The average molecular weight is 393 g/mol. The number of urea groups is 1. The third-order valence-corrected chi connectivity index (χ3v) is 5.33. The Morgan fingerprint density at radius 2 is 2.19 bits per heavy atom. The van der Waals surface area contributed by atoms with Crippen molar-refractivity contribution in [1.82, 2.24) is 20.2 Å². The van der Waals surface area contributed by atoms with E-state index in [0.717, 1.165) is 5.16 Å². The molecule has 1 atom stereocenters. The van der Waals surface area contributed by atoms with Gasteiger partial charge in [-0.05, 0) is 11.6 Å². The molecule has 2 N–H and O–H groups in total. The summed E-state index contributed by atoms with van der Waals surface area (Å²) in [5, 5.41) is 6.68. The summed E-state index contributed by atoms with van der Waals surface area (Å²) >= 11 is 7.69. The van der Waals surface area contributed by atoms with Gasteiger partial charge in [0.15, 0.2) is 5.16 Å². The van der Waals surface area contributed by atoms with Crippen molar-refractivity contribution in [2.45, 2.75) is 11.2 Å². The summed E-state index contributed by atoms with van der Waals surface area (Å²) in [6, 6.07) is 5.97. The fourth-order valence-corrected chi connectivity index (χ4v) is 3.80. The molecule has 0 fully saturated rings. The zero-order valence-electron chi connectivity index (χ0n) is 14.2. The van der Waals surface area contributed by atoms with E-state index in [-0.39, 0.29) is 0 Å². The number of carbonyl (C=O) groups is 2. The van der Waals surface area contributed by atoms with Crippen molar-refractivity contribution in [3.63, 3.8) is 0 Å². The Labute approximate surface area is 159 Å². The summed E-state index contributed by atoms with van der Waals surface area (Å²) in [6.45, 7) is 0. The molecule has 1 aromatic heterocycles. The number of imidazole rings is 1. The number of hydrogen-bond donors (Lipinski definition) is 2. The second kappa shape index (κ2) is 7.84. The minimum absolute atomic E-state index is 0.321. The fourth-order valence-electron chi connectivity index (χ4n) is 2.65. The third kappa shape index (κ3) is 3.71. The third-order valence-electron chi connectivity index (χ3n) is 3.90. The molecular weight excluding hydrogens is 376 g/mol. The van der Waals surface area contributed by atoms with Crippen LogP contribution >= 0.6 is 23.4 Å². The van der Waals surface area contributed by atoms with Gasteiger partial charge in [-0.3, -0.25) is 0 Å². The van der Waals surface area contributed by atoms with E-state index in [1.54, 1.807) is 30.5 Å². The molecule has 1 aliphatic heterocycles. The SMILES string of the molecule is COC(=O)C1=C(CSc2nccn2C)NC(=O)NC1c1ccccc1Cl. The number of esters is 1. The Balaban J connectivity index is 2.00. The van der Waals surface area contributed by atoms with E-state index in [1.807, 2.05) is 17.8 Å². The predicted octanol–water partition coefficient (Wildman–Crippen LogP) is 2.65. The minimum atomic E-state index is -0.693. The highest BCUT2D eigenvalue weighted by Gasteiger charge is 2.34. The number of hydrogen-bond acceptors (Lipinski definition) is 5. The van der Waals surface area contributed by atoms with Gasteiger partial charge in [0.25, 0.3) is 0 Å². The Hall–Kier alpha value is -2.45. The summed E-state index contributed by atoms with van der Waals surface area (Å²) < 4.78 is 6.80. The standard InChI is InChI=1S/C17H17ClN4O3S/c1-22-8-7-19-17(22)26-9-12-13(15(23)25-2)14(21-16(24)20-12)10-5-3-4-6-11(10)18/h3-8,14H,9H2,1-2H3,(H2,20,21,24). The first-order chi connectivity index (χ1) is 12.5. The van der Waals surface area contributed by atoms with Gasteiger partial charge in [-0.15, -0.1) is 0 Å². The number of aromatic nitrogens is 2. The maximum absolute atomic E-state index is 12.5. The number of amides is 2. The maximum Gasteiger partial charge on any atom is 0.338 e. The Kier molecular flexibility index (Phi) is 5.53. The number of benzene rings is 1. The van der Waals surface area contributed by atoms with Gasteiger partial charge in [-0.2, -0.15) is 0 Å². The molecular formula is C17H17ClN4O3S. The molecule has 0 bridgehead atoms. The molecule has 7 nitrogen and oxygen atoms in total. The predicted molar refractivity (Wildman–Crippen MR) is 98.8 cm³/mol. The first-order valence-corrected chi connectivity index (χ1v) is 9.11. The highest BCUT2D eigenvalue weighted by Crippen LogP contribution is 2.33. The van der Waals surface area contributed by atoms with Crippen LogP contribution in [0.15, 0.2) is 53.1 Å². The number of halogens is 1. The average Bonchev–Trinajstić information content (AvgIpc) is 3.04. The molecule has 0 saturated carbocycles. The van der Waals surface area contributed by atoms with Crippen LogP contribution in [-0.2, 0) is 16.6 Å². The molecule has 26 heavy (non-hydrogen) atoms. The number of aryl methyl sites for hydroxylation is 1. The van der Waals surface area contributed by atoms with Crippen LogP contribution in [0.1, 0.15) is 11.6 Å². The number of carbonyl (C=O) groups excluding carboxylic acids is 2. The highest BCUT2D eigenvalue weighted by atomic mass is 35.5. The van der Waals surface area contributed by atoms with E-state index in [4.69, 9.17) is 16.3 Å². The van der Waals surface area contributed by atoms with E-state index in [2.05, 4.69) is 15.6 Å². The summed E-state index contributed by atoms with van der Waals surface area (Å²) in [4.78, 5) is 28.9. The van der Waals surface area contributed by atoms with Gasteiger partial charge < -0.3 is 19.9 Å². The monoisotopic (exact) mass is 392 g/mol. The largest absolute Gasteiger partial charge is 0.466 e. The van der Waals surface area contributed by atoms with Crippen LogP contribution < -0.4 is 10.6 Å². The van der Waals surface area contributed by atoms with Crippen LogP contribution in [0, 0.1) is 0 Å². The minimum Gasteiger partial charge on any atom is -0.466 e. The zero-order valence-corrected chi connectivity index (χ0v) is 15.7. The lowest BCUT2D eigenvalue weighted by atomic mass is 9.95. The number of nitrogens with one attached hydrogen (secondary N) is 2. The van der Waals surface area contributed by atoms with Crippen molar-refractivity contribution < 1.29 is 14.3 Å². The molecule has 0 aliphatic carbocycles. The molecule has 136 valence electrons. The fraction of sp³-hybridized carbons (Fsp3) is 0.235. The second-order valence-electron chi connectivity index (χ2n) is 5.55. The molecule has 0 radical (unpaired) electrons. The molecule has 2 heterocycles. The quantitative estimate of drug-likeness (QED) is 0.603. The van der Waals surface area contributed by atoms with E-state index in [0.29, 0.717) is 27.6 Å². The lowest BCUT2D eigenvalue weighted by molar-refractivity contribution is -0.136. The van der Waals surface area contributed by atoms with Crippen molar-refractivity contribution in [2.75, 3.05) is 12.9 Å². The smallest absolute Gasteiger partial charge is 0.338 e. The van der Waals surface area contributed by atoms with Gasteiger partial charge in [0, 0.05) is 35.9 Å². The molecule has 2 aromatic rings. The first kappa shape index (κ1) is 18.3. The molecule has 1 aromatic carbocycles.